The van der Waals surface area contributed by atoms with Crippen molar-refractivity contribution in [1.29, 1.82) is 0 Å². The first-order valence-corrected chi connectivity index (χ1v) is 26.9. The van der Waals surface area contributed by atoms with Crippen molar-refractivity contribution in [1.82, 2.24) is 0 Å². The van der Waals surface area contributed by atoms with Gasteiger partial charge in [-0.1, -0.05) is 265 Å². The van der Waals surface area contributed by atoms with Crippen molar-refractivity contribution in [2.45, 2.75) is 310 Å². The van der Waals surface area contributed by atoms with E-state index in [9.17, 15) is 14.4 Å². The first-order valence-electron chi connectivity index (χ1n) is 26.9. The van der Waals surface area contributed by atoms with Crippen LogP contribution < -0.4 is 0 Å². The van der Waals surface area contributed by atoms with Crippen LogP contribution in [0.15, 0.2) is 0 Å². The van der Waals surface area contributed by atoms with E-state index in [1.54, 1.807) is 0 Å². The molecule has 0 aromatic heterocycles. The zero-order valence-corrected chi connectivity index (χ0v) is 40.9. The molecule has 0 aromatic rings. The van der Waals surface area contributed by atoms with Crippen LogP contribution in [-0.4, -0.2) is 37.2 Å². The maximum absolute atomic E-state index is 12.8. The van der Waals surface area contributed by atoms with Crippen molar-refractivity contribution in [3.8, 4) is 0 Å². The average molecular weight is 849 g/mol. The van der Waals surface area contributed by atoms with Crippen LogP contribution in [0.5, 0.6) is 0 Å². The fraction of sp³-hybridized carbons (Fsp3) is 0.944. The van der Waals surface area contributed by atoms with E-state index in [0.29, 0.717) is 19.3 Å². The van der Waals surface area contributed by atoms with Crippen LogP contribution in [0.3, 0.4) is 0 Å². The van der Waals surface area contributed by atoms with Crippen molar-refractivity contribution in [3.05, 3.63) is 0 Å². The van der Waals surface area contributed by atoms with E-state index in [4.69, 9.17) is 14.2 Å². The Kier molecular flexibility index (Phi) is 47.2. The minimum absolute atomic E-state index is 0.0626. The smallest absolute Gasteiger partial charge is 0.306 e. The maximum atomic E-state index is 12.8. The summed E-state index contributed by atoms with van der Waals surface area (Å²) in [6.07, 6.45) is 50.9. The van der Waals surface area contributed by atoms with Crippen LogP contribution in [0.25, 0.3) is 0 Å². The van der Waals surface area contributed by atoms with E-state index in [-0.39, 0.29) is 31.1 Å². The van der Waals surface area contributed by atoms with Gasteiger partial charge in [0.1, 0.15) is 13.2 Å². The number of ether oxygens (including phenoxy) is 3. The summed E-state index contributed by atoms with van der Waals surface area (Å²) >= 11 is 0. The average Bonchev–Trinajstić information content (AvgIpc) is 3.23. The molecule has 0 rings (SSSR count). The molecule has 1 atom stereocenters. The topological polar surface area (TPSA) is 78.9 Å². The van der Waals surface area contributed by atoms with Gasteiger partial charge in [-0.3, -0.25) is 14.4 Å². The van der Waals surface area contributed by atoms with Crippen molar-refractivity contribution < 1.29 is 28.6 Å². The second kappa shape index (κ2) is 48.4. The number of esters is 3. The normalized spacial score (nSPS) is 11.9. The molecule has 0 spiro atoms. The first kappa shape index (κ1) is 58.4. The van der Waals surface area contributed by atoms with E-state index in [0.717, 1.165) is 63.7 Å². The summed E-state index contributed by atoms with van der Waals surface area (Å²) in [6, 6.07) is 0. The molecule has 0 aliphatic carbocycles. The van der Waals surface area contributed by atoms with Gasteiger partial charge in [0.25, 0.3) is 0 Å². The molecule has 0 aliphatic rings. The Labute approximate surface area is 374 Å². The lowest BCUT2D eigenvalue weighted by Gasteiger charge is -2.18. The minimum atomic E-state index is -0.761. The summed E-state index contributed by atoms with van der Waals surface area (Å²) in [5.41, 5.74) is 0. The summed E-state index contributed by atoms with van der Waals surface area (Å²) in [7, 11) is 0. The standard InChI is InChI=1S/C54H104O6/c1-5-7-9-11-13-15-17-19-21-22-24-26-30-35-39-43-47-54(57)60-51(49-59-53(56)46-42-38-34-31-27-28-32-36-40-44-50(3)4)48-58-52(55)45-41-37-33-29-25-23-20-18-16-14-12-10-8-6-2/h50-51H,5-49H2,1-4H3/t51-/m1/s1. The molecule has 0 N–H and O–H groups in total. The van der Waals surface area contributed by atoms with Gasteiger partial charge in [-0.2, -0.15) is 0 Å². The molecule has 0 saturated heterocycles. The van der Waals surface area contributed by atoms with E-state index in [1.165, 1.54) is 199 Å². The number of rotatable bonds is 49. The third-order valence-electron chi connectivity index (χ3n) is 12.3. The summed E-state index contributed by atoms with van der Waals surface area (Å²) < 4.78 is 16.8. The van der Waals surface area contributed by atoms with E-state index < -0.39 is 6.10 Å². The van der Waals surface area contributed by atoms with Gasteiger partial charge in [0.15, 0.2) is 6.10 Å². The van der Waals surface area contributed by atoms with Gasteiger partial charge in [-0.05, 0) is 25.2 Å². The molecular weight excluding hydrogens is 745 g/mol. The van der Waals surface area contributed by atoms with Gasteiger partial charge in [-0.25, -0.2) is 0 Å². The molecule has 0 unspecified atom stereocenters. The Morgan fingerprint density at radius 1 is 0.317 bits per heavy atom. The predicted molar refractivity (Wildman–Crippen MR) is 257 cm³/mol. The Morgan fingerprint density at radius 3 is 0.817 bits per heavy atom. The molecule has 0 aromatic carbocycles. The molecule has 60 heavy (non-hydrogen) atoms. The number of carbonyl (C=O) groups excluding carboxylic acids is 3. The van der Waals surface area contributed by atoms with Crippen molar-refractivity contribution in [3.63, 3.8) is 0 Å². The number of hydrogen-bond acceptors (Lipinski definition) is 6. The van der Waals surface area contributed by atoms with Crippen LogP contribution in [0.2, 0.25) is 0 Å². The Bertz CT molecular complexity index is 903. The van der Waals surface area contributed by atoms with E-state index >= 15 is 0 Å². The quantitative estimate of drug-likeness (QED) is 0.0345. The van der Waals surface area contributed by atoms with Crippen LogP contribution in [0, 0.1) is 5.92 Å². The fourth-order valence-electron chi connectivity index (χ4n) is 8.22. The maximum Gasteiger partial charge on any atom is 0.306 e. The molecular formula is C54H104O6. The largest absolute Gasteiger partial charge is 0.462 e. The zero-order valence-electron chi connectivity index (χ0n) is 40.9. The first-order chi connectivity index (χ1) is 29.4. The fourth-order valence-corrected chi connectivity index (χ4v) is 8.22. The molecule has 356 valence electrons. The molecule has 0 amide bonds. The number of carbonyl (C=O) groups is 3. The highest BCUT2D eigenvalue weighted by atomic mass is 16.6. The van der Waals surface area contributed by atoms with Crippen LogP contribution >= 0.6 is 0 Å². The lowest BCUT2D eigenvalue weighted by Crippen LogP contribution is -2.30. The summed E-state index contributed by atoms with van der Waals surface area (Å²) in [6.45, 7) is 9.02. The molecule has 0 aliphatic heterocycles. The van der Waals surface area contributed by atoms with Gasteiger partial charge in [0.2, 0.25) is 0 Å². The Balaban J connectivity index is 4.30. The second-order valence-corrected chi connectivity index (χ2v) is 19.0. The van der Waals surface area contributed by atoms with E-state index in [2.05, 4.69) is 27.7 Å². The highest BCUT2D eigenvalue weighted by Gasteiger charge is 2.19. The Morgan fingerprint density at radius 2 is 0.550 bits per heavy atom. The number of hydrogen-bond donors (Lipinski definition) is 0. The summed E-state index contributed by atoms with van der Waals surface area (Å²) in [5.74, 6) is -0.0335. The SMILES string of the molecule is CCCCCCCCCCCCCCCCCCC(=O)O[C@H](COC(=O)CCCCCCCCCCCCCCCC)COC(=O)CCCCCCCCCCCC(C)C. The minimum Gasteiger partial charge on any atom is -0.462 e. The lowest BCUT2D eigenvalue weighted by molar-refractivity contribution is -0.167. The molecule has 0 radical (unpaired) electrons. The molecule has 0 fully saturated rings. The molecule has 0 heterocycles. The van der Waals surface area contributed by atoms with Gasteiger partial charge in [0.05, 0.1) is 0 Å². The summed E-state index contributed by atoms with van der Waals surface area (Å²) in [5, 5.41) is 0. The third kappa shape index (κ3) is 47.5. The number of unbranched alkanes of at least 4 members (excludes halogenated alkanes) is 36. The predicted octanol–water partition coefficient (Wildman–Crippen LogP) is 17.5. The zero-order chi connectivity index (χ0) is 43.8. The second-order valence-electron chi connectivity index (χ2n) is 19.0. The van der Waals surface area contributed by atoms with Crippen molar-refractivity contribution in [2.24, 2.45) is 5.92 Å². The lowest BCUT2D eigenvalue weighted by atomic mass is 10.0. The van der Waals surface area contributed by atoms with Gasteiger partial charge in [0, 0.05) is 19.3 Å². The van der Waals surface area contributed by atoms with Crippen LogP contribution in [0.4, 0.5) is 0 Å². The molecule has 6 heteroatoms. The van der Waals surface area contributed by atoms with Crippen LogP contribution in [0.1, 0.15) is 304 Å². The molecule has 0 saturated carbocycles. The van der Waals surface area contributed by atoms with Gasteiger partial charge < -0.3 is 14.2 Å². The van der Waals surface area contributed by atoms with Crippen molar-refractivity contribution >= 4 is 17.9 Å². The molecule has 6 nitrogen and oxygen atoms in total. The third-order valence-corrected chi connectivity index (χ3v) is 12.3. The van der Waals surface area contributed by atoms with E-state index in [1.807, 2.05) is 0 Å². The monoisotopic (exact) mass is 849 g/mol. The summed E-state index contributed by atoms with van der Waals surface area (Å²) in [4.78, 5) is 38.0. The highest BCUT2D eigenvalue weighted by Crippen LogP contribution is 2.17. The highest BCUT2D eigenvalue weighted by molar-refractivity contribution is 5.71. The van der Waals surface area contributed by atoms with Crippen molar-refractivity contribution in [2.75, 3.05) is 13.2 Å². The Hall–Kier alpha value is -1.59. The van der Waals surface area contributed by atoms with Crippen LogP contribution in [-0.2, 0) is 28.6 Å². The van der Waals surface area contributed by atoms with Gasteiger partial charge in [-0.15, -0.1) is 0 Å². The van der Waals surface area contributed by atoms with Gasteiger partial charge >= 0.3 is 17.9 Å². The molecule has 0 bridgehead atoms.